The Kier molecular flexibility index (Phi) is 3.10. The van der Waals surface area contributed by atoms with E-state index in [2.05, 4.69) is 0 Å². The molecule has 0 spiro atoms. The lowest BCUT2D eigenvalue weighted by Crippen LogP contribution is -2.32. The predicted molar refractivity (Wildman–Crippen MR) is 59.3 cm³/mol. The van der Waals surface area contributed by atoms with Crippen LogP contribution in [-0.2, 0) is 10.2 Å². The van der Waals surface area contributed by atoms with Crippen LogP contribution in [0.5, 0.6) is 0 Å². The highest BCUT2D eigenvalue weighted by molar-refractivity contribution is 5.90. The van der Waals surface area contributed by atoms with E-state index in [1.807, 2.05) is 58.0 Å². The topological polar surface area (TPSA) is 17.1 Å². The van der Waals surface area contributed by atoms with Crippen molar-refractivity contribution in [3.05, 3.63) is 35.9 Å². The summed E-state index contributed by atoms with van der Waals surface area (Å²) >= 11 is 0. The third kappa shape index (κ3) is 2.03. The molecular formula is C13H18O. The molecular weight excluding hydrogens is 172 g/mol. The molecule has 0 aliphatic heterocycles. The van der Waals surface area contributed by atoms with Gasteiger partial charge in [-0.15, -0.1) is 0 Å². The molecule has 0 saturated carbocycles. The van der Waals surface area contributed by atoms with Crippen LogP contribution in [0.2, 0.25) is 0 Å². The first-order valence-electron chi connectivity index (χ1n) is 5.06. The first-order valence-corrected chi connectivity index (χ1v) is 5.06. The van der Waals surface area contributed by atoms with Gasteiger partial charge in [0, 0.05) is 11.3 Å². The van der Waals surface area contributed by atoms with Crippen molar-refractivity contribution in [2.75, 3.05) is 0 Å². The summed E-state index contributed by atoms with van der Waals surface area (Å²) in [5.41, 5.74) is 0.730. The SMILES string of the molecule is CC(C)C(=O)C(C)(C)c1ccccc1. The molecule has 76 valence electrons. The number of hydrogen-bond acceptors (Lipinski definition) is 1. The van der Waals surface area contributed by atoms with Crippen LogP contribution in [0.25, 0.3) is 0 Å². The lowest BCUT2D eigenvalue weighted by Gasteiger charge is -2.25. The summed E-state index contributed by atoms with van der Waals surface area (Å²) in [6.45, 7) is 7.88. The van der Waals surface area contributed by atoms with E-state index in [9.17, 15) is 4.79 Å². The van der Waals surface area contributed by atoms with Crippen molar-refractivity contribution in [1.29, 1.82) is 0 Å². The molecule has 0 aliphatic carbocycles. The summed E-state index contributed by atoms with van der Waals surface area (Å²) in [5, 5.41) is 0. The highest BCUT2D eigenvalue weighted by atomic mass is 16.1. The van der Waals surface area contributed by atoms with Gasteiger partial charge < -0.3 is 0 Å². The Hall–Kier alpha value is -1.11. The molecule has 0 aliphatic rings. The van der Waals surface area contributed by atoms with Crippen molar-refractivity contribution < 1.29 is 4.79 Å². The van der Waals surface area contributed by atoms with Gasteiger partial charge in [-0.2, -0.15) is 0 Å². The second-order valence-corrected chi connectivity index (χ2v) is 4.51. The Morgan fingerprint density at radius 3 is 2.07 bits per heavy atom. The second-order valence-electron chi connectivity index (χ2n) is 4.51. The van der Waals surface area contributed by atoms with Crippen molar-refractivity contribution in [3.63, 3.8) is 0 Å². The molecule has 0 N–H and O–H groups in total. The Labute approximate surface area is 86.1 Å². The minimum atomic E-state index is -0.366. The fourth-order valence-electron chi connectivity index (χ4n) is 1.72. The molecule has 1 rings (SSSR count). The molecule has 1 nitrogen and oxygen atoms in total. The fraction of sp³-hybridized carbons (Fsp3) is 0.462. The van der Waals surface area contributed by atoms with E-state index >= 15 is 0 Å². The number of Topliss-reactive ketones (excluding diaryl/α,β-unsaturated/α-hetero) is 1. The maximum Gasteiger partial charge on any atom is 0.145 e. The van der Waals surface area contributed by atoms with Crippen molar-refractivity contribution in [2.45, 2.75) is 33.1 Å². The van der Waals surface area contributed by atoms with Crippen molar-refractivity contribution in [1.82, 2.24) is 0 Å². The number of ketones is 1. The number of hydrogen-bond donors (Lipinski definition) is 0. The van der Waals surface area contributed by atoms with Crippen LogP contribution in [0.15, 0.2) is 30.3 Å². The van der Waals surface area contributed by atoms with E-state index in [1.165, 1.54) is 0 Å². The summed E-state index contributed by atoms with van der Waals surface area (Å²) in [6.07, 6.45) is 0. The molecule has 14 heavy (non-hydrogen) atoms. The summed E-state index contributed by atoms with van der Waals surface area (Å²) < 4.78 is 0. The average molecular weight is 190 g/mol. The van der Waals surface area contributed by atoms with E-state index in [0.717, 1.165) is 5.56 Å². The van der Waals surface area contributed by atoms with Crippen LogP contribution >= 0.6 is 0 Å². The van der Waals surface area contributed by atoms with E-state index in [4.69, 9.17) is 0 Å². The zero-order chi connectivity index (χ0) is 10.8. The maximum atomic E-state index is 12.0. The fourth-order valence-corrected chi connectivity index (χ4v) is 1.72. The Morgan fingerprint density at radius 1 is 1.14 bits per heavy atom. The van der Waals surface area contributed by atoms with Gasteiger partial charge in [-0.05, 0) is 19.4 Å². The zero-order valence-electron chi connectivity index (χ0n) is 9.37. The molecule has 0 radical (unpaired) electrons. The van der Waals surface area contributed by atoms with Gasteiger partial charge in [-0.3, -0.25) is 4.79 Å². The third-order valence-corrected chi connectivity index (χ3v) is 2.64. The summed E-state index contributed by atoms with van der Waals surface area (Å²) in [5.74, 6) is 0.383. The smallest absolute Gasteiger partial charge is 0.145 e. The van der Waals surface area contributed by atoms with Gasteiger partial charge in [0.1, 0.15) is 5.78 Å². The molecule has 0 saturated heterocycles. The summed E-state index contributed by atoms with van der Waals surface area (Å²) in [7, 11) is 0. The Morgan fingerprint density at radius 2 is 1.64 bits per heavy atom. The largest absolute Gasteiger partial charge is 0.298 e. The second kappa shape index (κ2) is 3.95. The lowest BCUT2D eigenvalue weighted by atomic mass is 9.77. The Balaban J connectivity index is 3.02. The Bertz CT molecular complexity index is 309. The van der Waals surface area contributed by atoms with E-state index in [0.29, 0.717) is 5.78 Å². The first-order chi connectivity index (χ1) is 6.46. The summed E-state index contributed by atoms with van der Waals surface area (Å²) in [6, 6.07) is 9.95. The predicted octanol–water partition coefficient (Wildman–Crippen LogP) is 3.19. The van der Waals surface area contributed by atoms with Crippen LogP contribution in [0.1, 0.15) is 33.3 Å². The molecule has 0 unspecified atom stereocenters. The van der Waals surface area contributed by atoms with Crippen LogP contribution < -0.4 is 0 Å². The van der Waals surface area contributed by atoms with E-state index in [1.54, 1.807) is 0 Å². The molecule has 0 aromatic heterocycles. The van der Waals surface area contributed by atoms with Crippen LogP contribution in [-0.4, -0.2) is 5.78 Å². The summed E-state index contributed by atoms with van der Waals surface area (Å²) in [4.78, 5) is 12.0. The highest BCUT2D eigenvalue weighted by Crippen LogP contribution is 2.26. The van der Waals surface area contributed by atoms with Crippen LogP contribution in [0.4, 0.5) is 0 Å². The molecule has 0 fully saturated rings. The quantitative estimate of drug-likeness (QED) is 0.715. The van der Waals surface area contributed by atoms with Gasteiger partial charge in [0.25, 0.3) is 0 Å². The molecule has 0 amide bonds. The van der Waals surface area contributed by atoms with Gasteiger partial charge in [0.05, 0.1) is 0 Å². The molecule has 1 aromatic carbocycles. The molecule has 0 heterocycles. The van der Waals surface area contributed by atoms with Gasteiger partial charge in [-0.25, -0.2) is 0 Å². The van der Waals surface area contributed by atoms with Crippen LogP contribution in [0.3, 0.4) is 0 Å². The number of benzene rings is 1. The highest BCUT2D eigenvalue weighted by Gasteiger charge is 2.30. The van der Waals surface area contributed by atoms with Gasteiger partial charge in [-0.1, -0.05) is 44.2 Å². The molecule has 0 atom stereocenters. The molecule has 0 bridgehead atoms. The average Bonchev–Trinajstić information content (AvgIpc) is 2.18. The van der Waals surface area contributed by atoms with Gasteiger partial charge >= 0.3 is 0 Å². The third-order valence-electron chi connectivity index (χ3n) is 2.64. The first kappa shape index (κ1) is 11.0. The minimum absolute atomic E-state index is 0.0882. The van der Waals surface area contributed by atoms with E-state index in [-0.39, 0.29) is 11.3 Å². The zero-order valence-corrected chi connectivity index (χ0v) is 9.37. The lowest BCUT2D eigenvalue weighted by molar-refractivity contribution is -0.126. The van der Waals surface area contributed by atoms with Gasteiger partial charge in [0.2, 0.25) is 0 Å². The standard InChI is InChI=1S/C13H18O/c1-10(2)12(14)13(3,4)11-8-6-5-7-9-11/h5-10H,1-4H3. The maximum absolute atomic E-state index is 12.0. The number of rotatable bonds is 3. The monoisotopic (exact) mass is 190 g/mol. The van der Waals surface area contributed by atoms with Crippen LogP contribution in [0, 0.1) is 5.92 Å². The van der Waals surface area contributed by atoms with Gasteiger partial charge in [0.15, 0.2) is 0 Å². The number of carbonyl (C=O) groups excluding carboxylic acids is 1. The van der Waals surface area contributed by atoms with Crippen molar-refractivity contribution in [2.24, 2.45) is 5.92 Å². The minimum Gasteiger partial charge on any atom is -0.298 e. The van der Waals surface area contributed by atoms with Crippen molar-refractivity contribution in [3.8, 4) is 0 Å². The molecule has 1 aromatic rings. The normalized spacial score (nSPS) is 11.8. The van der Waals surface area contributed by atoms with Crippen molar-refractivity contribution >= 4 is 5.78 Å². The number of carbonyl (C=O) groups is 1. The van der Waals surface area contributed by atoms with E-state index < -0.39 is 0 Å². The molecule has 1 heteroatoms.